The van der Waals surface area contributed by atoms with Crippen LogP contribution in [0.5, 0.6) is 0 Å². The van der Waals surface area contributed by atoms with E-state index in [1.165, 1.54) is 19.2 Å². The fourth-order valence-electron chi connectivity index (χ4n) is 1.75. The first kappa shape index (κ1) is 13.6. The highest BCUT2D eigenvalue weighted by Crippen LogP contribution is 2.30. The van der Waals surface area contributed by atoms with Gasteiger partial charge < -0.3 is 9.84 Å². The van der Waals surface area contributed by atoms with Crippen molar-refractivity contribution in [3.05, 3.63) is 45.4 Å². The number of carbonyl (C=O) groups excluding carboxylic acids is 1. The van der Waals surface area contributed by atoms with Gasteiger partial charge >= 0.3 is 11.9 Å². The van der Waals surface area contributed by atoms with Gasteiger partial charge in [-0.1, -0.05) is 23.2 Å². The van der Waals surface area contributed by atoms with E-state index in [1.54, 1.807) is 12.1 Å². The van der Waals surface area contributed by atoms with Crippen LogP contribution in [-0.2, 0) is 4.74 Å². The predicted octanol–water partition coefficient (Wildman–Crippen LogP) is 3.63. The largest absolute Gasteiger partial charge is 0.478 e. The molecule has 0 atom stereocenters. The second kappa shape index (κ2) is 5.07. The maximum absolute atomic E-state index is 11.6. The third-order valence-corrected chi connectivity index (χ3v) is 3.37. The van der Waals surface area contributed by atoms with E-state index in [0.29, 0.717) is 20.8 Å². The summed E-state index contributed by atoms with van der Waals surface area (Å²) in [5.74, 6) is -1.93. The summed E-state index contributed by atoms with van der Waals surface area (Å²) in [6.45, 7) is 0. The van der Waals surface area contributed by atoms with E-state index < -0.39 is 11.9 Å². The Morgan fingerprint density at radius 3 is 1.89 bits per heavy atom. The molecule has 0 fully saturated rings. The van der Waals surface area contributed by atoms with Gasteiger partial charge in [-0.3, -0.25) is 0 Å². The molecule has 2 aromatic carbocycles. The van der Waals surface area contributed by atoms with Crippen molar-refractivity contribution in [3.8, 4) is 0 Å². The molecule has 0 aromatic heterocycles. The van der Waals surface area contributed by atoms with Crippen molar-refractivity contribution in [2.45, 2.75) is 0 Å². The molecule has 0 aliphatic heterocycles. The summed E-state index contributed by atoms with van der Waals surface area (Å²) in [4.78, 5) is 22.8. The fourth-order valence-corrected chi connectivity index (χ4v) is 2.09. The van der Waals surface area contributed by atoms with E-state index in [0.717, 1.165) is 0 Å². The fraction of sp³-hybridized carbons (Fsp3) is 0.0769. The van der Waals surface area contributed by atoms with Crippen molar-refractivity contribution in [3.63, 3.8) is 0 Å². The first-order valence-electron chi connectivity index (χ1n) is 5.18. The number of esters is 1. The van der Waals surface area contributed by atoms with Gasteiger partial charge in [-0.25, -0.2) is 9.59 Å². The number of carboxylic acid groups (broad SMARTS) is 1. The van der Waals surface area contributed by atoms with Crippen LogP contribution < -0.4 is 0 Å². The molecule has 0 radical (unpaired) electrons. The molecule has 19 heavy (non-hydrogen) atoms. The van der Waals surface area contributed by atoms with E-state index in [9.17, 15) is 9.59 Å². The Kier molecular flexibility index (Phi) is 3.64. The zero-order chi connectivity index (χ0) is 14.2. The van der Waals surface area contributed by atoms with Crippen LogP contribution in [0.25, 0.3) is 10.8 Å². The van der Waals surface area contributed by atoms with Gasteiger partial charge in [-0.2, -0.15) is 0 Å². The van der Waals surface area contributed by atoms with Crippen LogP contribution in [0.1, 0.15) is 20.7 Å². The average Bonchev–Trinajstić information content (AvgIpc) is 2.37. The van der Waals surface area contributed by atoms with Crippen LogP contribution in [0.15, 0.2) is 24.3 Å². The number of hydrogen-bond acceptors (Lipinski definition) is 3. The topological polar surface area (TPSA) is 63.6 Å². The lowest BCUT2D eigenvalue weighted by molar-refractivity contribution is 0.0583. The molecule has 98 valence electrons. The highest BCUT2D eigenvalue weighted by atomic mass is 35.5. The number of methoxy groups -OCH3 is 1. The van der Waals surface area contributed by atoms with Crippen molar-refractivity contribution in [1.29, 1.82) is 0 Å². The number of halogens is 2. The molecule has 2 aromatic rings. The summed E-state index contributed by atoms with van der Waals surface area (Å²) in [5, 5.41) is 11.0. The molecule has 1 N–H and O–H groups in total. The lowest BCUT2D eigenvalue weighted by Crippen LogP contribution is -2.10. The Balaban J connectivity index is 2.80. The highest BCUT2D eigenvalue weighted by molar-refractivity contribution is 6.42. The molecule has 2 rings (SSSR count). The molecule has 6 heteroatoms. The van der Waals surface area contributed by atoms with Crippen LogP contribution in [0.3, 0.4) is 0 Å². The maximum atomic E-state index is 11.6. The quantitative estimate of drug-likeness (QED) is 0.860. The Labute approximate surface area is 118 Å². The van der Waals surface area contributed by atoms with Crippen LogP contribution in [0, 0.1) is 0 Å². The van der Waals surface area contributed by atoms with E-state index in [1.807, 2.05) is 0 Å². The van der Waals surface area contributed by atoms with Crippen LogP contribution >= 0.6 is 23.2 Å². The summed E-state index contributed by atoms with van der Waals surface area (Å²) in [7, 11) is 1.19. The average molecular weight is 299 g/mol. The Morgan fingerprint density at radius 2 is 1.47 bits per heavy atom. The number of fused-ring (bicyclic) bond motifs is 1. The molecular formula is C13H8Cl2O4. The summed E-state index contributed by atoms with van der Waals surface area (Å²) >= 11 is 11.8. The summed E-state index contributed by atoms with van der Waals surface area (Å²) in [6, 6.07) is 5.91. The van der Waals surface area contributed by atoms with Crippen molar-refractivity contribution >= 4 is 45.9 Å². The Bertz CT molecular complexity index is 695. The molecule has 0 spiro atoms. The number of ether oxygens (including phenoxy) is 1. The summed E-state index contributed by atoms with van der Waals surface area (Å²) < 4.78 is 4.57. The van der Waals surface area contributed by atoms with Gasteiger partial charge in [0, 0.05) is 0 Å². The van der Waals surface area contributed by atoms with Gasteiger partial charge in [0.25, 0.3) is 0 Å². The number of hydrogen-bond donors (Lipinski definition) is 1. The predicted molar refractivity (Wildman–Crippen MR) is 72.3 cm³/mol. The zero-order valence-corrected chi connectivity index (χ0v) is 11.2. The van der Waals surface area contributed by atoms with Gasteiger partial charge in [0.15, 0.2) is 0 Å². The van der Waals surface area contributed by atoms with Gasteiger partial charge in [-0.15, -0.1) is 0 Å². The van der Waals surface area contributed by atoms with Crippen molar-refractivity contribution < 1.29 is 19.4 Å². The summed E-state index contributed by atoms with van der Waals surface area (Å²) in [6.07, 6.45) is 0. The van der Waals surface area contributed by atoms with E-state index in [-0.39, 0.29) is 11.1 Å². The van der Waals surface area contributed by atoms with Crippen molar-refractivity contribution in [1.82, 2.24) is 0 Å². The molecule has 0 aliphatic carbocycles. The lowest BCUT2D eigenvalue weighted by atomic mass is 10.0. The molecule has 0 bridgehead atoms. The van der Waals surface area contributed by atoms with Crippen LogP contribution in [0.2, 0.25) is 10.0 Å². The minimum absolute atomic E-state index is 0.0270. The molecule has 0 unspecified atom stereocenters. The van der Waals surface area contributed by atoms with Gasteiger partial charge in [0.1, 0.15) is 0 Å². The Hall–Kier alpha value is -1.78. The molecule has 0 amide bonds. The second-order valence-electron chi connectivity index (χ2n) is 3.81. The molecule has 0 heterocycles. The third-order valence-electron chi connectivity index (χ3n) is 2.65. The zero-order valence-electron chi connectivity index (χ0n) is 9.74. The molecule has 0 saturated carbocycles. The van der Waals surface area contributed by atoms with Gasteiger partial charge in [-0.05, 0) is 35.0 Å². The maximum Gasteiger partial charge on any atom is 0.338 e. The third kappa shape index (κ3) is 2.50. The number of carboxylic acids is 1. The first-order chi connectivity index (χ1) is 8.93. The minimum Gasteiger partial charge on any atom is -0.478 e. The van der Waals surface area contributed by atoms with Crippen molar-refractivity contribution in [2.24, 2.45) is 0 Å². The van der Waals surface area contributed by atoms with Crippen LogP contribution in [-0.4, -0.2) is 24.2 Å². The standard InChI is InChI=1S/C13H8Cl2O4/c1-19-13(18)9-3-7-5-11(15)10(14)4-6(7)2-8(9)12(16)17/h2-5H,1H3,(H,16,17). The first-order valence-corrected chi connectivity index (χ1v) is 5.94. The minimum atomic E-state index is -1.21. The van der Waals surface area contributed by atoms with Crippen molar-refractivity contribution in [2.75, 3.05) is 7.11 Å². The molecular weight excluding hydrogens is 291 g/mol. The van der Waals surface area contributed by atoms with Crippen LogP contribution in [0.4, 0.5) is 0 Å². The molecule has 4 nitrogen and oxygen atoms in total. The van der Waals surface area contributed by atoms with Gasteiger partial charge in [0.2, 0.25) is 0 Å². The highest BCUT2D eigenvalue weighted by Gasteiger charge is 2.18. The van der Waals surface area contributed by atoms with E-state index in [4.69, 9.17) is 28.3 Å². The monoisotopic (exact) mass is 298 g/mol. The molecule has 0 saturated heterocycles. The smallest absolute Gasteiger partial charge is 0.338 e. The Morgan fingerprint density at radius 1 is 1.00 bits per heavy atom. The molecule has 0 aliphatic rings. The lowest BCUT2D eigenvalue weighted by Gasteiger charge is -2.08. The SMILES string of the molecule is COC(=O)c1cc2cc(Cl)c(Cl)cc2cc1C(=O)O. The number of rotatable bonds is 2. The number of benzene rings is 2. The second-order valence-corrected chi connectivity index (χ2v) is 4.62. The normalized spacial score (nSPS) is 10.5. The van der Waals surface area contributed by atoms with E-state index in [2.05, 4.69) is 4.74 Å². The number of carbonyl (C=O) groups is 2. The van der Waals surface area contributed by atoms with E-state index >= 15 is 0 Å². The van der Waals surface area contributed by atoms with Gasteiger partial charge in [0.05, 0.1) is 28.3 Å². The number of aromatic carboxylic acids is 1. The summed E-state index contributed by atoms with van der Waals surface area (Å²) in [5.41, 5.74) is -0.168.